The van der Waals surface area contributed by atoms with Crippen LogP contribution in [0.1, 0.15) is 44.4 Å². The summed E-state index contributed by atoms with van der Waals surface area (Å²) in [5.41, 5.74) is 2.25. The number of methoxy groups -OCH3 is 1. The van der Waals surface area contributed by atoms with Crippen molar-refractivity contribution in [2.24, 2.45) is 5.92 Å². The summed E-state index contributed by atoms with van der Waals surface area (Å²) in [4.78, 5) is 13.5. The Labute approximate surface area is 220 Å². The van der Waals surface area contributed by atoms with E-state index in [9.17, 15) is 13.2 Å². The van der Waals surface area contributed by atoms with Crippen molar-refractivity contribution in [3.8, 4) is 11.5 Å². The van der Waals surface area contributed by atoms with Crippen molar-refractivity contribution in [3.63, 3.8) is 0 Å². The number of amides is 1. The van der Waals surface area contributed by atoms with Gasteiger partial charge in [0, 0.05) is 0 Å². The van der Waals surface area contributed by atoms with Gasteiger partial charge in [-0.05, 0) is 80.3 Å². The zero-order chi connectivity index (χ0) is 27.0. The molecule has 0 radical (unpaired) electrons. The van der Waals surface area contributed by atoms with Crippen LogP contribution in [0.3, 0.4) is 0 Å². The Hall–Kier alpha value is -3.52. The molecule has 1 atom stereocenters. The SMILES string of the molecule is CCOc1ccc(N(CC(=O)NC(CC(C)C)c2ccc(OC)cc2)S(=O)(=O)c2ccc(C)cc2)cc1. The van der Waals surface area contributed by atoms with Crippen LogP contribution in [0.2, 0.25) is 0 Å². The Balaban J connectivity index is 1.92. The fourth-order valence-electron chi connectivity index (χ4n) is 3.98. The molecule has 3 aromatic carbocycles. The number of aryl methyl sites for hydroxylation is 1. The van der Waals surface area contributed by atoms with Gasteiger partial charge in [0.25, 0.3) is 10.0 Å². The summed E-state index contributed by atoms with van der Waals surface area (Å²) in [6.07, 6.45) is 0.700. The van der Waals surface area contributed by atoms with Gasteiger partial charge in [-0.1, -0.05) is 43.7 Å². The van der Waals surface area contributed by atoms with Crippen molar-refractivity contribution in [1.82, 2.24) is 5.32 Å². The highest BCUT2D eigenvalue weighted by atomic mass is 32.2. The fraction of sp³-hybridized carbons (Fsp3) is 0.345. The van der Waals surface area contributed by atoms with Crippen molar-refractivity contribution in [2.45, 2.75) is 45.1 Å². The molecule has 0 saturated heterocycles. The maximum absolute atomic E-state index is 13.7. The summed E-state index contributed by atoms with van der Waals surface area (Å²) in [5, 5.41) is 3.06. The first kappa shape index (κ1) is 28.1. The van der Waals surface area contributed by atoms with E-state index in [1.807, 2.05) is 38.1 Å². The van der Waals surface area contributed by atoms with Gasteiger partial charge in [-0.25, -0.2) is 8.42 Å². The second-order valence-electron chi connectivity index (χ2n) is 9.27. The third kappa shape index (κ3) is 7.49. The van der Waals surface area contributed by atoms with E-state index in [4.69, 9.17) is 9.47 Å². The maximum Gasteiger partial charge on any atom is 0.264 e. The van der Waals surface area contributed by atoms with Gasteiger partial charge in [0.2, 0.25) is 5.91 Å². The largest absolute Gasteiger partial charge is 0.497 e. The Morgan fingerprint density at radius 3 is 2.05 bits per heavy atom. The molecule has 8 heteroatoms. The molecule has 3 rings (SSSR count). The highest BCUT2D eigenvalue weighted by Crippen LogP contribution is 2.27. The zero-order valence-corrected chi connectivity index (χ0v) is 22.9. The maximum atomic E-state index is 13.7. The number of hydrogen-bond donors (Lipinski definition) is 1. The topological polar surface area (TPSA) is 84.9 Å². The third-order valence-electron chi connectivity index (χ3n) is 5.89. The number of nitrogens with zero attached hydrogens (tertiary/aromatic N) is 1. The smallest absolute Gasteiger partial charge is 0.264 e. The summed E-state index contributed by atoms with van der Waals surface area (Å²) in [6.45, 7) is 8.06. The van der Waals surface area contributed by atoms with Crippen LogP contribution in [-0.2, 0) is 14.8 Å². The Morgan fingerprint density at radius 2 is 1.51 bits per heavy atom. The van der Waals surface area contributed by atoms with E-state index in [0.29, 0.717) is 30.4 Å². The average Bonchev–Trinajstić information content (AvgIpc) is 2.87. The standard InChI is InChI=1S/C29H36N2O5S/c1-6-36-26-15-11-24(12-16-26)31(37(33,34)27-17-7-22(4)8-18-27)20-29(32)30-28(19-21(2)3)23-9-13-25(35-5)14-10-23/h7-18,21,28H,6,19-20H2,1-5H3,(H,30,32). The lowest BCUT2D eigenvalue weighted by Gasteiger charge is -2.27. The minimum atomic E-state index is -4.01. The average molecular weight is 525 g/mol. The van der Waals surface area contributed by atoms with Gasteiger partial charge < -0.3 is 14.8 Å². The monoisotopic (exact) mass is 524 g/mol. The molecule has 198 valence electrons. The molecule has 1 N–H and O–H groups in total. The highest BCUT2D eigenvalue weighted by Gasteiger charge is 2.28. The minimum Gasteiger partial charge on any atom is -0.497 e. The van der Waals surface area contributed by atoms with E-state index >= 15 is 0 Å². The first-order valence-corrected chi connectivity index (χ1v) is 13.8. The molecule has 3 aromatic rings. The van der Waals surface area contributed by atoms with Crippen molar-refractivity contribution < 1.29 is 22.7 Å². The lowest BCUT2D eigenvalue weighted by molar-refractivity contribution is -0.120. The normalized spacial score (nSPS) is 12.2. The van der Waals surface area contributed by atoms with Gasteiger partial charge in [-0.2, -0.15) is 0 Å². The zero-order valence-electron chi connectivity index (χ0n) is 22.1. The first-order valence-electron chi connectivity index (χ1n) is 12.4. The number of carbonyl (C=O) groups excluding carboxylic acids is 1. The van der Waals surface area contributed by atoms with Crippen LogP contribution in [0.25, 0.3) is 0 Å². The summed E-state index contributed by atoms with van der Waals surface area (Å²) >= 11 is 0. The lowest BCUT2D eigenvalue weighted by atomic mass is 9.97. The number of ether oxygens (including phenoxy) is 2. The van der Waals surface area contributed by atoms with Crippen molar-refractivity contribution in [2.75, 3.05) is 24.6 Å². The van der Waals surface area contributed by atoms with Gasteiger partial charge in [0.1, 0.15) is 18.0 Å². The molecule has 1 unspecified atom stereocenters. The molecule has 0 spiro atoms. The molecule has 0 heterocycles. The molecular formula is C29H36N2O5S. The van der Waals surface area contributed by atoms with Gasteiger partial charge in [-0.3, -0.25) is 9.10 Å². The summed E-state index contributed by atoms with van der Waals surface area (Å²) in [6, 6.07) is 20.6. The Bertz CT molecular complexity index is 1260. The van der Waals surface area contributed by atoms with Crippen LogP contribution >= 0.6 is 0 Å². The molecule has 0 aromatic heterocycles. The highest BCUT2D eigenvalue weighted by molar-refractivity contribution is 7.92. The summed E-state index contributed by atoms with van der Waals surface area (Å²) in [5.74, 6) is 1.26. The van der Waals surface area contributed by atoms with Crippen LogP contribution in [0.4, 0.5) is 5.69 Å². The molecule has 0 aliphatic carbocycles. The summed E-state index contributed by atoms with van der Waals surface area (Å²) < 4.78 is 39.3. The molecule has 0 aliphatic heterocycles. The molecular weight excluding hydrogens is 488 g/mol. The van der Waals surface area contributed by atoms with Crippen LogP contribution in [0.15, 0.2) is 77.7 Å². The second-order valence-corrected chi connectivity index (χ2v) is 11.1. The minimum absolute atomic E-state index is 0.119. The van der Waals surface area contributed by atoms with Crippen molar-refractivity contribution in [3.05, 3.63) is 83.9 Å². The van der Waals surface area contributed by atoms with E-state index in [2.05, 4.69) is 19.2 Å². The van der Waals surface area contributed by atoms with Crippen molar-refractivity contribution in [1.29, 1.82) is 0 Å². The number of sulfonamides is 1. The molecule has 7 nitrogen and oxygen atoms in total. The van der Waals surface area contributed by atoms with Crippen LogP contribution in [0, 0.1) is 12.8 Å². The van der Waals surface area contributed by atoms with E-state index in [1.54, 1.807) is 55.6 Å². The van der Waals surface area contributed by atoms with Gasteiger partial charge >= 0.3 is 0 Å². The number of hydrogen-bond acceptors (Lipinski definition) is 5. The predicted octanol–water partition coefficient (Wildman–Crippen LogP) is 5.50. The van der Waals surface area contributed by atoms with Gasteiger partial charge in [0.15, 0.2) is 0 Å². The molecule has 0 saturated carbocycles. The first-order chi connectivity index (χ1) is 17.6. The number of carbonyl (C=O) groups is 1. The number of anilines is 1. The van der Waals surface area contributed by atoms with Gasteiger partial charge in [0.05, 0.1) is 30.3 Å². The Kier molecular flexibility index (Phi) is 9.58. The van der Waals surface area contributed by atoms with E-state index in [0.717, 1.165) is 21.2 Å². The van der Waals surface area contributed by atoms with Crippen molar-refractivity contribution >= 4 is 21.6 Å². The van der Waals surface area contributed by atoms with E-state index in [-0.39, 0.29) is 17.5 Å². The van der Waals surface area contributed by atoms with E-state index < -0.39 is 15.9 Å². The lowest BCUT2D eigenvalue weighted by Crippen LogP contribution is -2.42. The van der Waals surface area contributed by atoms with Crippen LogP contribution in [0.5, 0.6) is 11.5 Å². The molecule has 0 bridgehead atoms. The van der Waals surface area contributed by atoms with E-state index in [1.165, 1.54) is 0 Å². The number of nitrogens with one attached hydrogen (secondary N) is 1. The Morgan fingerprint density at radius 1 is 0.919 bits per heavy atom. The second kappa shape index (κ2) is 12.6. The van der Waals surface area contributed by atoms with Crippen LogP contribution in [-0.4, -0.2) is 34.6 Å². The van der Waals surface area contributed by atoms with Gasteiger partial charge in [-0.15, -0.1) is 0 Å². The quantitative estimate of drug-likeness (QED) is 0.338. The summed E-state index contributed by atoms with van der Waals surface area (Å²) in [7, 11) is -2.40. The molecule has 0 aliphatic rings. The number of benzene rings is 3. The molecule has 0 fully saturated rings. The third-order valence-corrected chi connectivity index (χ3v) is 7.68. The number of rotatable bonds is 12. The van der Waals surface area contributed by atoms with Crippen LogP contribution < -0.4 is 19.1 Å². The molecule has 37 heavy (non-hydrogen) atoms. The predicted molar refractivity (Wildman–Crippen MR) is 147 cm³/mol. The molecule has 1 amide bonds. The fourth-order valence-corrected chi connectivity index (χ4v) is 5.41.